The van der Waals surface area contributed by atoms with Crippen LogP contribution in [0.1, 0.15) is 39.8 Å². The molecule has 1 heterocycles. The molecule has 1 aromatic carbocycles. The predicted molar refractivity (Wildman–Crippen MR) is 82.9 cm³/mol. The molecule has 3 heteroatoms. The van der Waals surface area contributed by atoms with Crippen LogP contribution in [0.15, 0.2) is 36.9 Å². The molecule has 0 fully saturated rings. The number of nitrogens with zero attached hydrogens (tertiary/aromatic N) is 1. The second kappa shape index (κ2) is 5.16. The summed E-state index contributed by atoms with van der Waals surface area (Å²) in [7, 11) is 0. The topological polar surface area (TPSA) is 31.2 Å². The third kappa shape index (κ3) is 2.77. The van der Waals surface area contributed by atoms with Crippen LogP contribution in [-0.4, -0.2) is 16.3 Å². The highest BCUT2D eigenvalue weighted by Gasteiger charge is 2.22. The van der Waals surface area contributed by atoms with Gasteiger partial charge in [-0.2, -0.15) is 0 Å². The number of ether oxygens (including phenoxy) is 1. The van der Waals surface area contributed by atoms with Crippen LogP contribution in [0.3, 0.4) is 0 Å². The van der Waals surface area contributed by atoms with E-state index in [0.717, 1.165) is 28.6 Å². The molecule has 0 aliphatic heterocycles. The molecular formula is C17H21NO2. The van der Waals surface area contributed by atoms with Crippen molar-refractivity contribution < 1.29 is 9.53 Å². The molecule has 0 aliphatic carbocycles. The van der Waals surface area contributed by atoms with Gasteiger partial charge in [0.2, 0.25) is 0 Å². The van der Waals surface area contributed by atoms with Crippen molar-refractivity contribution in [2.45, 2.75) is 39.7 Å². The van der Waals surface area contributed by atoms with Crippen molar-refractivity contribution in [2.75, 3.05) is 0 Å². The smallest absolute Gasteiger partial charge is 0.419 e. The van der Waals surface area contributed by atoms with Crippen LogP contribution in [0, 0.1) is 0 Å². The van der Waals surface area contributed by atoms with Gasteiger partial charge in [0.1, 0.15) is 5.60 Å². The highest BCUT2D eigenvalue weighted by molar-refractivity contribution is 5.94. The third-order valence-electron chi connectivity index (χ3n) is 3.08. The van der Waals surface area contributed by atoms with Crippen LogP contribution in [0.25, 0.3) is 16.5 Å². The van der Waals surface area contributed by atoms with E-state index in [1.807, 2.05) is 58.0 Å². The number of aromatic nitrogens is 1. The van der Waals surface area contributed by atoms with Crippen molar-refractivity contribution in [3.8, 4) is 0 Å². The molecule has 3 nitrogen and oxygen atoms in total. The van der Waals surface area contributed by atoms with Crippen LogP contribution >= 0.6 is 0 Å². The minimum absolute atomic E-state index is 0.358. The Morgan fingerprint density at radius 2 is 1.95 bits per heavy atom. The van der Waals surface area contributed by atoms with Crippen molar-refractivity contribution in [3.05, 3.63) is 42.6 Å². The van der Waals surface area contributed by atoms with Crippen LogP contribution in [0.2, 0.25) is 0 Å². The lowest BCUT2D eigenvalue weighted by Gasteiger charge is -2.21. The maximum absolute atomic E-state index is 12.5. The first-order valence-corrected chi connectivity index (χ1v) is 6.85. The molecule has 0 bridgehead atoms. The molecule has 1 aromatic heterocycles. The molecule has 2 aromatic rings. The number of carbonyl (C=O) groups is 1. The standard InChI is InChI=1S/C17H21NO2/c1-6-12(2)15-11-13-9-7-8-10-14(13)18(15)16(19)20-17(3,4)5/h7-11H,2,6H2,1,3-5H3. The Bertz CT molecular complexity index is 659. The zero-order valence-electron chi connectivity index (χ0n) is 12.6. The van der Waals surface area contributed by atoms with E-state index in [2.05, 4.69) is 6.58 Å². The van der Waals surface area contributed by atoms with Gasteiger partial charge in [-0.3, -0.25) is 0 Å². The minimum Gasteiger partial charge on any atom is -0.443 e. The zero-order valence-corrected chi connectivity index (χ0v) is 12.6. The molecule has 2 rings (SSSR count). The maximum Gasteiger partial charge on any atom is 0.419 e. The van der Waals surface area contributed by atoms with Gasteiger partial charge in [0.25, 0.3) is 0 Å². The second-order valence-electron chi connectivity index (χ2n) is 5.86. The van der Waals surface area contributed by atoms with Gasteiger partial charge in [-0.25, -0.2) is 9.36 Å². The molecule has 0 atom stereocenters. The SMILES string of the molecule is C=C(CC)c1cc2ccccc2n1C(=O)OC(C)(C)C. The molecule has 0 saturated heterocycles. The summed E-state index contributed by atoms with van der Waals surface area (Å²) in [4.78, 5) is 12.5. The molecular weight excluding hydrogens is 250 g/mol. The summed E-state index contributed by atoms with van der Waals surface area (Å²) in [5, 5.41) is 1.02. The molecule has 0 aliphatic rings. The van der Waals surface area contributed by atoms with Crippen LogP contribution < -0.4 is 0 Å². The Morgan fingerprint density at radius 1 is 1.30 bits per heavy atom. The van der Waals surface area contributed by atoms with Gasteiger partial charge in [0, 0.05) is 5.39 Å². The summed E-state index contributed by atoms with van der Waals surface area (Å²) in [5.74, 6) is 0. The Hall–Kier alpha value is -2.03. The second-order valence-corrected chi connectivity index (χ2v) is 5.86. The number of allylic oxidation sites excluding steroid dienone is 1. The van der Waals surface area contributed by atoms with Gasteiger partial charge in [-0.05, 0) is 44.9 Å². The molecule has 0 radical (unpaired) electrons. The highest BCUT2D eigenvalue weighted by atomic mass is 16.6. The largest absolute Gasteiger partial charge is 0.443 e. The van der Waals surface area contributed by atoms with Gasteiger partial charge in [-0.15, -0.1) is 0 Å². The lowest BCUT2D eigenvalue weighted by molar-refractivity contribution is 0.0543. The number of carbonyl (C=O) groups excluding carboxylic acids is 1. The fourth-order valence-electron chi connectivity index (χ4n) is 2.10. The number of fused-ring (bicyclic) bond motifs is 1. The fraction of sp³-hybridized carbons (Fsp3) is 0.353. The Kier molecular flexibility index (Phi) is 3.71. The normalized spacial score (nSPS) is 11.6. The molecule has 0 unspecified atom stereocenters. The molecule has 0 amide bonds. The molecule has 106 valence electrons. The fourth-order valence-corrected chi connectivity index (χ4v) is 2.10. The summed E-state index contributed by atoms with van der Waals surface area (Å²) < 4.78 is 7.13. The maximum atomic E-state index is 12.5. The van der Waals surface area contributed by atoms with E-state index >= 15 is 0 Å². The van der Waals surface area contributed by atoms with Gasteiger partial charge in [0.05, 0.1) is 11.2 Å². The van der Waals surface area contributed by atoms with E-state index in [0.29, 0.717) is 0 Å². The van der Waals surface area contributed by atoms with E-state index in [-0.39, 0.29) is 6.09 Å². The van der Waals surface area contributed by atoms with Gasteiger partial charge in [0.15, 0.2) is 0 Å². The van der Waals surface area contributed by atoms with Gasteiger partial charge < -0.3 is 4.74 Å². The quantitative estimate of drug-likeness (QED) is 0.782. The highest BCUT2D eigenvalue weighted by Crippen LogP contribution is 2.27. The first-order chi connectivity index (χ1) is 9.33. The predicted octanol–water partition coefficient (Wildman–Crippen LogP) is 4.85. The van der Waals surface area contributed by atoms with Crippen molar-refractivity contribution in [3.63, 3.8) is 0 Å². The summed E-state index contributed by atoms with van der Waals surface area (Å²) in [6.07, 6.45) is 0.433. The molecule has 0 N–H and O–H groups in total. The van der Waals surface area contributed by atoms with E-state index in [1.54, 1.807) is 4.57 Å². The number of hydrogen-bond acceptors (Lipinski definition) is 2. The Labute approximate surface area is 119 Å². The van der Waals surface area contributed by atoms with E-state index < -0.39 is 5.60 Å². The van der Waals surface area contributed by atoms with Crippen molar-refractivity contribution in [2.24, 2.45) is 0 Å². The van der Waals surface area contributed by atoms with Crippen molar-refractivity contribution >= 4 is 22.6 Å². The van der Waals surface area contributed by atoms with Crippen molar-refractivity contribution in [1.29, 1.82) is 0 Å². The van der Waals surface area contributed by atoms with Gasteiger partial charge >= 0.3 is 6.09 Å². The summed E-state index contributed by atoms with van der Waals surface area (Å²) in [5.41, 5.74) is 2.08. The molecule has 0 saturated carbocycles. The monoisotopic (exact) mass is 271 g/mol. The number of benzene rings is 1. The summed E-state index contributed by atoms with van der Waals surface area (Å²) >= 11 is 0. The van der Waals surface area contributed by atoms with Crippen molar-refractivity contribution in [1.82, 2.24) is 4.57 Å². The number of para-hydroxylation sites is 1. The summed E-state index contributed by atoms with van der Waals surface area (Å²) in [6, 6.07) is 9.78. The first kappa shape index (κ1) is 14.4. The van der Waals surface area contributed by atoms with Crippen LogP contribution in [0.5, 0.6) is 0 Å². The van der Waals surface area contributed by atoms with Crippen LogP contribution in [-0.2, 0) is 4.74 Å². The number of hydrogen-bond donors (Lipinski definition) is 0. The molecule has 20 heavy (non-hydrogen) atoms. The Morgan fingerprint density at radius 3 is 2.55 bits per heavy atom. The van der Waals surface area contributed by atoms with Gasteiger partial charge in [-0.1, -0.05) is 31.7 Å². The van der Waals surface area contributed by atoms with Crippen LogP contribution in [0.4, 0.5) is 4.79 Å². The number of rotatable bonds is 2. The van der Waals surface area contributed by atoms with E-state index in [4.69, 9.17) is 4.74 Å². The van der Waals surface area contributed by atoms with E-state index in [9.17, 15) is 4.79 Å². The third-order valence-corrected chi connectivity index (χ3v) is 3.08. The van der Waals surface area contributed by atoms with E-state index in [1.165, 1.54) is 0 Å². The average molecular weight is 271 g/mol. The Balaban J connectivity index is 2.59. The molecule has 0 spiro atoms. The lowest BCUT2D eigenvalue weighted by atomic mass is 10.1. The first-order valence-electron chi connectivity index (χ1n) is 6.85. The lowest BCUT2D eigenvalue weighted by Crippen LogP contribution is -2.27. The minimum atomic E-state index is -0.521. The zero-order chi connectivity index (χ0) is 14.9. The summed E-state index contributed by atoms with van der Waals surface area (Å²) in [6.45, 7) is 11.7. The average Bonchev–Trinajstić information content (AvgIpc) is 2.75.